The fourth-order valence-electron chi connectivity index (χ4n) is 2.90. The monoisotopic (exact) mass is 316 g/mol. The molecule has 2 heterocycles. The lowest BCUT2D eigenvalue weighted by molar-refractivity contribution is -0.181. The smallest absolute Gasteiger partial charge is 0.221 e. The van der Waals surface area contributed by atoms with Crippen molar-refractivity contribution in [2.75, 3.05) is 19.7 Å². The fraction of sp³-hybridized carbons (Fsp3) is 0.529. The van der Waals surface area contributed by atoms with Crippen LogP contribution < -0.4 is 5.32 Å². The van der Waals surface area contributed by atoms with Gasteiger partial charge in [0.15, 0.2) is 0 Å². The Morgan fingerprint density at radius 2 is 2.26 bits per heavy atom. The summed E-state index contributed by atoms with van der Waals surface area (Å²) < 4.78 is 1.86. The second-order valence-electron chi connectivity index (χ2n) is 6.09. The van der Waals surface area contributed by atoms with Gasteiger partial charge in [0.05, 0.1) is 24.4 Å². The molecule has 0 unspecified atom stereocenters. The normalized spacial score (nSPS) is 15.9. The van der Waals surface area contributed by atoms with Crippen molar-refractivity contribution in [3.05, 3.63) is 29.5 Å². The molecule has 0 bridgehead atoms. The summed E-state index contributed by atoms with van der Waals surface area (Å²) in [4.78, 5) is 17.5. The van der Waals surface area contributed by atoms with Crippen molar-refractivity contribution in [3.63, 3.8) is 0 Å². The molecule has 1 amide bonds. The quantitative estimate of drug-likeness (QED) is 0.915. The van der Waals surface area contributed by atoms with E-state index in [9.17, 15) is 4.79 Å². The van der Waals surface area contributed by atoms with Gasteiger partial charge in [-0.15, -0.1) is 0 Å². The Morgan fingerprint density at radius 1 is 1.39 bits per heavy atom. The number of carbonyl (C=O) groups excluding carboxylic acids is 1. The van der Waals surface area contributed by atoms with Gasteiger partial charge in [-0.05, 0) is 31.9 Å². The molecule has 1 aliphatic heterocycles. The zero-order chi connectivity index (χ0) is 16.2. The van der Waals surface area contributed by atoms with Crippen LogP contribution in [0.1, 0.15) is 30.5 Å². The highest BCUT2D eigenvalue weighted by Gasteiger charge is 2.13. The van der Waals surface area contributed by atoms with E-state index in [1.807, 2.05) is 16.8 Å². The molecule has 1 aliphatic rings. The van der Waals surface area contributed by atoms with Crippen LogP contribution in [0.25, 0.3) is 10.9 Å². The van der Waals surface area contributed by atoms with Crippen LogP contribution in [0.15, 0.2) is 18.2 Å². The van der Waals surface area contributed by atoms with Gasteiger partial charge >= 0.3 is 0 Å². The third-order valence-corrected chi connectivity index (χ3v) is 4.20. The van der Waals surface area contributed by atoms with E-state index >= 15 is 0 Å². The number of aryl methyl sites for hydroxylation is 2. The van der Waals surface area contributed by atoms with Crippen molar-refractivity contribution >= 4 is 16.8 Å². The molecule has 1 aromatic heterocycles. The molecule has 1 aromatic carbocycles. The second-order valence-corrected chi connectivity index (χ2v) is 6.09. The van der Waals surface area contributed by atoms with Crippen LogP contribution in [0.4, 0.5) is 0 Å². The van der Waals surface area contributed by atoms with Gasteiger partial charge in [0.2, 0.25) is 5.91 Å². The average Bonchev–Trinajstić information content (AvgIpc) is 2.87. The highest BCUT2D eigenvalue weighted by Crippen LogP contribution is 2.19. The van der Waals surface area contributed by atoms with Crippen LogP contribution in [0.5, 0.6) is 0 Å². The summed E-state index contributed by atoms with van der Waals surface area (Å²) in [6, 6.07) is 6.26. The SMILES string of the molecule is Cc1ccc2c(c1)c(CNC(=O)CCN1CCCCO1)nn2C. The molecule has 1 N–H and O–H groups in total. The van der Waals surface area contributed by atoms with Crippen LogP contribution in [0, 0.1) is 6.92 Å². The molecule has 0 aliphatic carbocycles. The summed E-state index contributed by atoms with van der Waals surface area (Å²) in [5, 5.41) is 10.5. The Hall–Kier alpha value is -1.92. The zero-order valence-corrected chi connectivity index (χ0v) is 13.8. The lowest BCUT2D eigenvalue weighted by Crippen LogP contribution is -2.34. The summed E-state index contributed by atoms with van der Waals surface area (Å²) in [5.74, 6) is 0.0330. The molecular formula is C17H24N4O2. The van der Waals surface area contributed by atoms with Crippen molar-refractivity contribution in [2.24, 2.45) is 7.05 Å². The van der Waals surface area contributed by atoms with Gasteiger partial charge in [0, 0.05) is 31.9 Å². The summed E-state index contributed by atoms with van der Waals surface area (Å²) in [6.45, 7) is 4.85. The van der Waals surface area contributed by atoms with Gasteiger partial charge in [-0.3, -0.25) is 14.3 Å². The van der Waals surface area contributed by atoms with E-state index in [0.29, 0.717) is 19.5 Å². The summed E-state index contributed by atoms with van der Waals surface area (Å²) in [7, 11) is 1.93. The Morgan fingerprint density at radius 3 is 3.04 bits per heavy atom. The Bertz CT molecular complexity index is 689. The van der Waals surface area contributed by atoms with Gasteiger partial charge in [0.25, 0.3) is 0 Å². The number of carbonyl (C=O) groups is 1. The molecule has 6 heteroatoms. The fourth-order valence-corrected chi connectivity index (χ4v) is 2.90. The maximum atomic E-state index is 12.0. The minimum absolute atomic E-state index is 0.0330. The van der Waals surface area contributed by atoms with E-state index in [-0.39, 0.29) is 5.91 Å². The van der Waals surface area contributed by atoms with E-state index in [0.717, 1.165) is 42.6 Å². The molecule has 0 saturated carbocycles. The first-order valence-corrected chi connectivity index (χ1v) is 8.20. The highest BCUT2D eigenvalue weighted by atomic mass is 16.7. The maximum Gasteiger partial charge on any atom is 0.221 e. The number of hydroxylamine groups is 2. The standard InChI is InChI=1S/C17H24N4O2/c1-13-5-6-16-14(11-13)15(19-20(16)2)12-18-17(22)7-9-21-8-3-4-10-23-21/h5-6,11H,3-4,7-10,12H2,1-2H3,(H,18,22). The number of rotatable bonds is 5. The van der Waals surface area contributed by atoms with Gasteiger partial charge < -0.3 is 5.32 Å². The molecule has 3 rings (SSSR count). The van der Waals surface area contributed by atoms with Crippen LogP contribution in [0.2, 0.25) is 0 Å². The van der Waals surface area contributed by atoms with E-state index in [2.05, 4.69) is 35.5 Å². The number of benzene rings is 1. The molecule has 2 aromatic rings. The van der Waals surface area contributed by atoms with Crippen molar-refractivity contribution in [1.29, 1.82) is 0 Å². The van der Waals surface area contributed by atoms with E-state index in [4.69, 9.17) is 4.84 Å². The Kier molecular flexibility index (Phi) is 4.93. The summed E-state index contributed by atoms with van der Waals surface area (Å²) in [5.41, 5.74) is 3.19. The first kappa shape index (κ1) is 16.0. The Balaban J connectivity index is 1.55. The molecule has 6 nitrogen and oxygen atoms in total. The van der Waals surface area contributed by atoms with Crippen LogP contribution in [0.3, 0.4) is 0 Å². The van der Waals surface area contributed by atoms with Gasteiger partial charge in [-0.1, -0.05) is 11.6 Å². The third kappa shape index (κ3) is 3.89. The largest absolute Gasteiger partial charge is 0.350 e. The van der Waals surface area contributed by atoms with E-state index < -0.39 is 0 Å². The molecule has 23 heavy (non-hydrogen) atoms. The summed E-state index contributed by atoms with van der Waals surface area (Å²) in [6.07, 6.45) is 2.69. The molecule has 1 saturated heterocycles. The van der Waals surface area contributed by atoms with Gasteiger partial charge in [0.1, 0.15) is 0 Å². The minimum Gasteiger partial charge on any atom is -0.350 e. The van der Waals surface area contributed by atoms with Crippen LogP contribution in [-0.2, 0) is 23.2 Å². The first-order chi connectivity index (χ1) is 11.1. The molecule has 124 valence electrons. The summed E-state index contributed by atoms with van der Waals surface area (Å²) >= 11 is 0. The number of amides is 1. The molecule has 0 radical (unpaired) electrons. The number of nitrogens with one attached hydrogen (secondary N) is 1. The number of aromatic nitrogens is 2. The predicted molar refractivity (Wildman–Crippen MR) is 88.7 cm³/mol. The van der Waals surface area contributed by atoms with Crippen molar-refractivity contribution in [3.8, 4) is 0 Å². The first-order valence-electron chi connectivity index (χ1n) is 8.20. The number of nitrogens with zero attached hydrogens (tertiary/aromatic N) is 3. The second kappa shape index (κ2) is 7.10. The number of hydrogen-bond donors (Lipinski definition) is 1. The topological polar surface area (TPSA) is 59.4 Å². The van der Waals surface area contributed by atoms with E-state index in [1.165, 1.54) is 5.56 Å². The molecule has 1 fully saturated rings. The minimum atomic E-state index is 0.0330. The van der Waals surface area contributed by atoms with Gasteiger partial charge in [-0.2, -0.15) is 10.2 Å². The lowest BCUT2D eigenvalue weighted by Gasteiger charge is -2.25. The van der Waals surface area contributed by atoms with E-state index in [1.54, 1.807) is 0 Å². The maximum absolute atomic E-state index is 12.0. The highest BCUT2D eigenvalue weighted by molar-refractivity contribution is 5.83. The zero-order valence-electron chi connectivity index (χ0n) is 13.8. The van der Waals surface area contributed by atoms with Crippen LogP contribution in [-0.4, -0.2) is 40.4 Å². The Labute approximate surface area is 136 Å². The van der Waals surface area contributed by atoms with Crippen molar-refractivity contribution < 1.29 is 9.63 Å². The van der Waals surface area contributed by atoms with Crippen molar-refractivity contribution in [1.82, 2.24) is 20.2 Å². The number of fused-ring (bicyclic) bond motifs is 1. The third-order valence-electron chi connectivity index (χ3n) is 4.20. The lowest BCUT2D eigenvalue weighted by atomic mass is 10.1. The number of hydrogen-bond acceptors (Lipinski definition) is 4. The van der Waals surface area contributed by atoms with Crippen LogP contribution >= 0.6 is 0 Å². The molecule has 0 spiro atoms. The molecule has 0 atom stereocenters. The van der Waals surface area contributed by atoms with Crippen molar-refractivity contribution in [2.45, 2.75) is 32.7 Å². The van der Waals surface area contributed by atoms with Gasteiger partial charge in [-0.25, -0.2) is 0 Å². The predicted octanol–water partition coefficient (Wildman–Crippen LogP) is 1.92. The average molecular weight is 316 g/mol. The molecular weight excluding hydrogens is 292 g/mol.